The molecule has 0 saturated heterocycles. The minimum atomic E-state index is -5.08. The smallest absolute Gasteiger partial charge is 0.475 e. The standard InChI is InChI=1S/C30H35F3N6O3.C2HF3O2/c1-5-37(25(40)17-35-19(4)15-18(2)3)21-9-11-22(12-10-21)38-14-13-24-26(29(38)42)39(36-27(24)30(31,32)33)23-8-6-7-20(16-23)28(34)41;3-2(4,5)1(6)7/h6-12,16,18-19,35H,5,13-15,17H2,1-4H3,(H2,34,41);(H,6,7). The molecule has 0 bridgehead atoms. The van der Waals surface area contributed by atoms with E-state index in [2.05, 4.69) is 24.3 Å². The summed E-state index contributed by atoms with van der Waals surface area (Å²) in [5.41, 5.74) is 5.07. The maximum absolute atomic E-state index is 13.9. The molecule has 49 heavy (non-hydrogen) atoms. The number of carbonyl (C=O) groups is 4. The normalized spacial score (nSPS) is 13.8. The third-order valence-corrected chi connectivity index (χ3v) is 7.42. The molecular weight excluding hydrogens is 662 g/mol. The molecule has 11 nitrogen and oxygen atoms in total. The third kappa shape index (κ3) is 9.58. The Balaban J connectivity index is 0.000000838. The van der Waals surface area contributed by atoms with E-state index >= 15 is 0 Å². The summed E-state index contributed by atoms with van der Waals surface area (Å²) in [5.74, 6) is -3.77. The van der Waals surface area contributed by atoms with Crippen LogP contribution in [0, 0.1) is 5.92 Å². The molecule has 2 heterocycles. The van der Waals surface area contributed by atoms with Gasteiger partial charge in [-0.2, -0.15) is 31.4 Å². The molecular formula is C32H36F6N6O5. The summed E-state index contributed by atoms with van der Waals surface area (Å²) in [4.78, 5) is 50.2. The fourth-order valence-electron chi connectivity index (χ4n) is 5.27. The number of nitrogens with one attached hydrogen (secondary N) is 1. The van der Waals surface area contributed by atoms with Gasteiger partial charge in [0.1, 0.15) is 5.69 Å². The van der Waals surface area contributed by atoms with Crippen LogP contribution >= 0.6 is 0 Å². The number of hydrogen-bond donors (Lipinski definition) is 3. The Morgan fingerprint density at radius 1 is 1.02 bits per heavy atom. The molecule has 3 aromatic rings. The summed E-state index contributed by atoms with van der Waals surface area (Å²) in [5, 5.41) is 14.2. The van der Waals surface area contributed by atoms with E-state index in [4.69, 9.17) is 15.6 Å². The zero-order chi connectivity index (χ0) is 36.8. The fourth-order valence-corrected chi connectivity index (χ4v) is 5.27. The highest BCUT2D eigenvalue weighted by Gasteiger charge is 2.43. The predicted octanol–water partition coefficient (Wildman–Crippen LogP) is 5.20. The number of benzene rings is 2. The molecule has 4 N–H and O–H groups in total. The molecule has 3 amide bonds. The number of amides is 3. The van der Waals surface area contributed by atoms with Crippen molar-refractivity contribution in [1.82, 2.24) is 15.1 Å². The number of rotatable bonds is 10. The van der Waals surface area contributed by atoms with Gasteiger partial charge in [0.2, 0.25) is 11.8 Å². The summed E-state index contributed by atoms with van der Waals surface area (Å²) in [6.07, 6.45) is -9.00. The Morgan fingerprint density at radius 3 is 2.14 bits per heavy atom. The summed E-state index contributed by atoms with van der Waals surface area (Å²) >= 11 is 0. The molecule has 1 aliphatic heterocycles. The molecule has 0 radical (unpaired) electrons. The second-order valence-corrected chi connectivity index (χ2v) is 11.6. The highest BCUT2D eigenvalue weighted by atomic mass is 19.4. The number of anilines is 2. The number of carboxylic acid groups (broad SMARTS) is 1. The van der Waals surface area contributed by atoms with Crippen molar-refractivity contribution in [3.05, 3.63) is 71.0 Å². The van der Waals surface area contributed by atoms with Gasteiger partial charge in [-0.25, -0.2) is 9.48 Å². The number of carboxylic acids is 1. The summed E-state index contributed by atoms with van der Waals surface area (Å²) in [6.45, 7) is 8.78. The van der Waals surface area contributed by atoms with Gasteiger partial charge in [0.15, 0.2) is 5.69 Å². The average molecular weight is 699 g/mol. The zero-order valence-electron chi connectivity index (χ0n) is 27.0. The molecule has 0 aliphatic carbocycles. The van der Waals surface area contributed by atoms with Crippen molar-refractivity contribution >= 4 is 35.1 Å². The average Bonchev–Trinajstić information content (AvgIpc) is 3.42. The second-order valence-electron chi connectivity index (χ2n) is 11.6. The van der Waals surface area contributed by atoms with Crippen LogP contribution < -0.4 is 20.9 Å². The predicted molar refractivity (Wildman–Crippen MR) is 168 cm³/mol. The molecule has 1 unspecified atom stereocenters. The molecule has 17 heteroatoms. The van der Waals surface area contributed by atoms with E-state index < -0.39 is 35.8 Å². The summed E-state index contributed by atoms with van der Waals surface area (Å²) in [7, 11) is 0. The van der Waals surface area contributed by atoms with E-state index in [9.17, 15) is 40.7 Å². The molecule has 0 spiro atoms. The number of aliphatic carboxylic acids is 1. The SMILES string of the molecule is CCN(C(=O)CNC(C)CC(C)C)c1ccc(N2CCc3c(C(F)(F)F)nn(-c4cccc(C(N)=O)c4)c3C2=O)cc1.O=C(O)C(F)(F)F. The van der Waals surface area contributed by atoms with Crippen molar-refractivity contribution < 1.29 is 50.6 Å². The molecule has 1 aromatic heterocycles. The zero-order valence-corrected chi connectivity index (χ0v) is 27.0. The van der Waals surface area contributed by atoms with Crippen molar-refractivity contribution in [2.24, 2.45) is 11.7 Å². The Morgan fingerprint density at radius 2 is 1.63 bits per heavy atom. The van der Waals surface area contributed by atoms with Gasteiger partial charge in [-0.3, -0.25) is 14.4 Å². The van der Waals surface area contributed by atoms with E-state index in [1.165, 1.54) is 29.2 Å². The molecule has 0 fully saturated rings. The van der Waals surface area contributed by atoms with Crippen LogP contribution in [0.3, 0.4) is 0 Å². The number of alkyl halides is 6. The van der Waals surface area contributed by atoms with Gasteiger partial charge in [0.25, 0.3) is 5.91 Å². The lowest BCUT2D eigenvalue weighted by Gasteiger charge is -2.29. The van der Waals surface area contributed by atoms with Crippen LogP contribution in [0.15, 0.2) is 48.5 Å². The van der Waals surface area contributed by atoms with E-state index in [-0.39, 0.29) is 54.0 Å². The van der Waals surface area contributed by atoms with Crippen molar-refractivity contribution in [1.29, 1.82) is 0 Å². The highest BCUT2D eigenvalue weighted by molar-refractivity contribution is 6.08. The first-order chi connectivity index (χ1) is 22.8. The van der Waals surface area contributed by atoms with Crippen LogP contribution in [0.5, 0.6) is 0 Å². The maximum atomic E-state index is 13.9. The number of carbonyl (C=O) groups excluding carboxylic acids is 3. The maximum Gasteiger partial charge on any atom is 0.490 e. The van der Waals surface area contributed by atoms with Gasteiger partial charge in [0.05, 0.1) is 12.2 Å². The van der Waals surface area contributed by atoms with Gasteiger partial charge in [0, 0.05) is 41.6 Å². The largest absolute Gasteiger partial charge is 0.490 e. The lowest BCUT2D eigenvalue weighted by atomic mass is 10.0. The second kappa shape index (κ2) is 15.5. The number of primary amides is 1. The van der Waals surface area contributed by atoms with Crippen LogP contribution in [-0.4, -0.2) is 70.4 Å². The van der Waals surface area contributed by atoms with Crippen molar-refractivity contribution in [2.45, 2.75) is 58.9 Å². The van der Waals surface area contributed by atoms with Gasteiger partial charge < -0.3 is 26.0 Å². The van der Waals surface area contributed by atoms with E-state index in [0.29, 0.717) is 23.8 Å². The molecule has 2 aromatic carbocycles. The topological polar surface area (TPSA) is 151 Å². The number of hydrogen-bond acceptors (Lipinski definition) is 6. The molecule has 4 rings (SSSR count). The van der Waals surface area contributed by atoms with E-state index in [1.54, 1.807) is 29.2 Å². The number of halogens is 6. The Labute approximate surface area is 277 Å². The van der Waals surface area contributed by atoms with Crippen molar-refractivity contribution in [3.8, 4) is 5.69 Å². The first-order valence-corrected chi connectivity index (χ1v) is 15.1. The molecule has 0 saturated carbocycles. The van der Waals surface area contributed by atoms with Gasteiger partial charge in [-0.1, -0.05) is 19.9 Å². The van der Waals surface area contributed by atoms with Crippen LogP contribution in [0.2, 0.25) is 0 Å². The van der Waals surface area contributed by atoms with E-state index in [0.717, 1.165) is 11.1 Å². The van der Waals surface area contributed by atoms with Gasteiger partial charge >= 0.3 is 18.3 Å². The van der Waals surface area contributed by atoms with Gasteiger partial charge in [-0.05, 0) is 75.1 Å². The Hall–Kier alpha value is -4.93. The fraction of sp³-hybridized carbons (Fsp3) is 0.406. The quantitative estimate of drug-likeness (QED) is 0.246. The molecule has 1 atom stereocenters. The van der Waals surface area contributed by atoms with E-state index in [1.807, 2.05) is 13.8 Å². The first-order valence-electron chi connectivity index (χ1n) is 15.1. The number of likely N-dealkylation sites (N-methyl/N-ethyl adjacent to an activating group) is 1. The molecule has 1 aliphatic rings. The minimum absolute atomic E-state index is 0.00929. The third-order valence-electron chi connectivity index (χ3n) is 7.42. The first kappa shape index (κ1) is 38.5. The number of nitrogens with two attached hydrogens (primary N) is 1. The minimum Gasteiger partial charge on any atom is -0.475 e. The van der Waals surface area contributed by atoms with Crippen molar-refractivity contribution in [2.75, 3.05) is 29.4 Å². The number of fused-ring (bicyclic) bond motifs is 1. The lowest BCUT2D eigenvalue weighted by Crippen LogP contribution is -2.41. The van der Waals surface area contributed by atoms with Crippen LogP contribution in [0.4, 0.5) is 37.7 Å². The number of aromatic nitrogens is 2. The summed E-state index contributed by atoms with van der Waals surface area (Å²) < 4.78 is 74.4. The summed E-state index contributed by atoms with van der Waals surface area (Å²) in [6, 6.07) is 12.6. The monoisotopic (exact) mass is 698 g/mol. The van der Waals surface area contributed by atoms with Crippen LogP contribution in [0.25, 0.3) is 5.69 Å². The highest BCUT2D eigenvalue weighted by Crippen LogP contribution is 2.37. The Bertz CT molecular complexity index is 1670. The van der Waals surface area contributed by atoms with Crippen molar-refractivity contribution in [3.63, 3.8) is 0 Å². The Kier molecular flexibility index (Phi) is 12.2. The lowest BCUT2D eigenvalue weighted by molar-refractivity contribution is -0.192. The van der Waals surface area contributed by atoms with Crippen LogP contribution in [-0.2, 0) is 22.2 Å². The van der Waals surface area contributed by atoms with Crippen LogP contribution in [0.1, 0.15) is 66.2 Å². The number of nitrogens with zero attached hydrogens (tertiary/aromatic N) is 4. The molecule has 266 valence electrons. The van der Waals surface area contributed by atoms with Gasteiger partial charge in [-0.15, -0.1) is 0 Å².